The van der Waals surface area contributed by atoms with E-state index in [-0.39, 0.29) is 5.41 Å². The van der Waals surface area contributed by atoms with Crippen molar-refractivity contribution in [3.8, 4) is 0 Å². The smallest absolute Gasteiger partial charge is 0.0569 e. The van der Waals surface area contributed by atoms with Gasteiger partial charge in [-0.15, -0.1) is 0 Å². The SMILES string of the molecule is COCC(COC)(COCC(C)C)C1CCCC1. The predicted octanol–water partition coefficient (Wildman–Crippen LogP) is 3.13. The highest BCUT2D eigenvalue weighted by atomic mass is 16.5. The van der Waals surface area contributed by atoms with Crippen molar-refractivity contribution in [2.24, 2.45) is 17.3 Å². The normalized spacial score (nSPS) is 17.8. The Balaban J connectivity index is 2.62. The summed E-state index contributed by atoms with van der Waals surface area (Å²) < 4.78 is 16.9. The van der Waals surface area contributed by atoms with Crippen molar-refractivity contribution in [2.45, 2.75) is 39.5 Å². The first-order valence-corrected chi connectivity index (χ1v) is 7.20. The molecule has 0 aromatic carbocycles. The molecule has 0 radical (unpaired) electrons. The van der Waals surface area contributed by atoms with Gasteiger partial charge in [-0.3, -0.25) is 0 Å². The van der Waals surface area contributed by atoms with Crippen LogP contribution < -0.4 is 0 Å². The van der Waals surface area contributed by atoms with E-state index in [0.29, 0.717) is 11.8 Å². The van der Waals surface area contributed by atoms with Gasteiger partial charge in [0, 0.05) is 26.2 Å². The molecule has 0 aliphatic heterocycles. The fourth-order valence-corrected chi connectivity index (χ4v) is 3.09. The van der Waals surface area contributed by atoms with Gasteiger partial charge in [0.1, 0.15) is 0 Å². The average molecular weight is 258 g/mol. The Morgan fingerprint density at radius 2 is 1.56 bits per heavy atom. The van der Waals surface area contributed by atoms with E-state index in [0.717, 1.165) is 26.4 Å². The van der Waals surface area contributed by atoms with Crippen LogP contribution in [0.1, 0.15) is 39.5 Å². The van der Waals surface area contributed by atoms with Crippen LogP contribution in [-0.2, 0) is 14.2 Å². The molecule has 18 heavy (non-hydrogen) atoms. The van der Waals surface area contributed by atoms with Crippen LogP contribution in [0.15, 0.2) is 0 Å². The summed E-state index contributed by atoms with van der Waals surface area (Å²) in [5.74, 6) is 1.26. The van der Waals surface area contributed by atoms with Gasteiger partial charge in [0.2, 0.25) is 0 Å². The van der Waals surface area contributed by atoms with Crippen LogP contribution in [0.4, 0.5) is 0 Å². The Morgan fingerprint density at radius 3 is 2.00 bits per heavy atom. The molecule has 0 aromatic heterocycles. The summed E-state index contributed by atoms with van der Waals surface area (Å²) in [6.07, 6.45) is 5.25. The van der Waals surface area contributed by atoms with Gasteiger partial charge in [-0.1, -0.05) is 26.7 Å². The molecule has 0 atom stereocenters. The summed E-state index contributed by atoms with van der Waals surface area (Å²) in [7, 11) is 3.56. The van der Waals surface area contributed by atoms with Gasteiger partial charge in [0.15, 0.2) is 0 Å². The second kappa shape index (κ2) is 8.13. The molecule has 0 saturated heterocycles. The van der Waals surface area contributed by atoms with Crippen LogP contribution in [0.25, 0.3) is 0 Å². The molecule has 1 rings (SSSR count). The fraction of sp³-hybridized carbons (Fsp3) is 1.00. The third-order valence-electron chi connectivity index (χ3n) is 3.93. The Morgan fingerprint density at radius 1 is 1.00 bits per heavy atom. The van der Waals surface area contributed by atoms with Gasteiger partial charge in [-0.2, -0.15) is 0 Å². The molecule has 1 aliphatic carbocycles. The van der Waals surface area contributed by atoms with E-state index in [2.05, 4.69) is 13.8 Å². The molecule has 108 valence electrons. The molecule has 1 aliphatic rings. The van der Waals surface area contributed by atoms with Crippen molar-refractivity contribution in [3.05, 3.63) is 0 Å². The third-order valence-corrected chi connectivity index (χ3v) is 3.93. The largest absolute Gasteiger partial charge is 0.384 e. The lowest BCUT2D eigenvalue weighted by Crippen LogP contribution is -2.43. The molecule has 1 fully saturated rings. The number of methoxy groups -OCH3 is 2. The van der Waals surface area contributed by atoms with Crippen LogP contribution in [0.3, 0.4) is 0 Å². The van der Waals surface area contributed by atoms with E-state index < -0.39 is 0 Å². The minimum Gasteiger partial charge on any atom is -0.384 e. The van der Waals surface area contributed by atoms with Crippen molar-refractivity contribution in [2.75, 3.05) is 40.6 Å². The predicted molar refractivity (Wildman–Crippen MR) is 73.8 cm³/mol. The van der Waals surface area contributed by atoms with Crippen LogP contribution >= 0.6 is 0 Å². The van der Waals surface area contributed by atoms with E-state index in [1.54, 1.807) is 14.2 Å². The molecule has 0 amide bonds. The van der Waals surface area contributed by atoms with Crippen molar-refractivity contribution in [1.82, 2.24) is 0 Å². The first-order chi connectivity index (χ1) is 8.64. The van der Waals surface area contributed by atoms with Crippen molar-refractivity contribution < 1.29 is 14.2 Å². The van der Waals surface area contributed by atoms with Crippen LogP contribution in [0.5, 0.6) is 0 Å². The van der Waals surface area contributed by atoms with Gasteiger partial charge >= 0.3 is 0 Å². The summed E-state index contributed by atoms with van der Waals surface area (Å²) >= 11 is 0. The number of rotatable bonds is 9. The second-order valence-corrected chi connectivity index (χ2v) is 6.12. The molecule has 0 unspecified atom stereocenters. The zero-order chi connectivity index (χ0) is 13.4. The summed E-state index contributed by atoms with van der Waals surface area (Å²) in [5.41, 5.74) is 0.0505. The van der Waals surface area contributed by atoms with E-state index in [1.165, 1.54) is 25.7 Å². The molecule has 0 spiro atoms. The molecule has 3 nitrogen and oxygen atoms in total. The van der Waals surface area contributed by atoms with Crippen molar-refractivity contribution in [1.29, 1.82) is 0 Å². The Hall–Kier alpha value is -0.120. The van der Waals surface area contributed by atoms with Crippen LogP contribution in [-0.4, -0.2) is 40.6 Å². The number of hydrogen-bond acceptors (Lipinski definition) is 3. The number of ether oxygens (including phenoxy) is 3. The molecule has 1 saturated carbocycles. The topological polar surface area (TPSA) is 27.7 Å². The van der Waals surface area contributed by atoms with Gasteiger partial charge < -0.3 is 14.2 Å². The highest BCUT2D eigenvalue weighted by molar-refractivity contribution is 4.89. The maximum absolute atomic E-state index is 5.92. The van der Waals surface area contributed by atoms with Crippen LogP contribution in [0.2, 0.25) is 0 Å². The zero-order valence-electron chi connectivity index (χ0n) is 12.5. The first kappa shape index (κ1) is 15.9. The van der Waals surface area contributed by atoms with Crippen molar-refractivity contribution >= 4 is 0 Å². The van der Waals surface area contributed by atoms with E-state index in [4.69, 9.17) is 14.2 Å². The second-order valence-electron chi connectivity index (χ2n) is 6.12. The maximum Gasteiger partial charge on any atom is 0.0569 e. The summed E-state index contributed by atoms with van der Waals surface area (Å²) in [6, 6.07) is 0. The van der Waals surface area contributed by atoms with E-state index in [1.807, 2.05) is 0 Å². The Labute approximate surface area is 112 Å². The standard InChI is InChI=1S/C15H30O3/c1-13(2)9-18-12-15(10-16-3,11-17-4)14-7-5-6-8-14/h13-14H,5-12H2,1-4H3. The minimum absolute atomic E-state index is 0.0505. The summed E-state index contributed by atoms with van der Waals surface area (Å²) in [6.45, 7) is 7.43. The average Bonchev–Trinajstić information content (AvgIpc) is 2.82. The van der Waals surface area contributed by atoms with Gasteiger partial charge in [-0.25, -0.2) is 0 Å². The van der Waals surface area contributed by atoms with Gasteiger partial charge in [0.05, 0.1) is 19.8 Å². The summed E-state index contributed by atoms with van der Waals surface area (Å²) in [5, 5.41) is 0. The maximum atomic E-state index is 5.92. The fourth-order valence-electron chi connectivity index (χ4n) is 3.09. The highest BCUT2D eigenvalue weighted by Crippen LogP contribution is 2.41. The zero-order valence-corrected chi connectivity index (χ0v) is 12.5. The highest BCUT2D eigenvalue weighted by Gasteiger charge is 2.40. The minimum atomic E-state index is 0.0505. The van der Waals surface area contributed by atoms with Gasteiger partial charge in [0.25, 0.3) is 0 Å². The van der Waals surface area contributed by atoms with Crippen molar-refractivity contribution in [3.63, 3.8) is 0 Å². The first-order valence-electron chi connectivity index (χ1n) is 7.20. The molecular formula is C15H30O3. The van der Waals surface area contributed by atoms with Gasteiger partial charge in [-0.05, 0) is 24.7 Å². The molecule has 0 N–H and O–H groups in total. The molecule has 0 bridgehead atoms. The lowest BCUT2D eigenvalue weighted by molar-refractivity contribution is -0.0855. The number of hydrogen-bond donors (Lipinski definition) is 0. The van der Waals surface area contributed by atoms with E-state index in [9.17, 15) is 0 Å². The Kier molecular flexibility index (Phi) is 7.20. The molecule has 0 heterocycles. The monoisotopic (exact) mass is 258 g/mol. The van der Waals surface area contributed by atoms with Crippen LogP contribution in [0, 0.1) is 17.3 Å². The third kappa shape index (κ3) is 4.52. The Bertz CT molecular complexity index is 204. The molecule has 0 aromatic rings. The van der Waals surface area contributed by atoms with E-state index >= 15 is 0 Å². The lowest BCUT2D eigenvalue weighted by atomic mass is 9.76. The quantitative estimate of drug-likeness (QED) is 0.636. The summed E-state index contributed by atoms with van der Waals surface area (Å²) in [4.78, 5) is 0. The lowest BCUT2D eigenvalue weighted by Gasteiger charge is -2.38. The molecule has 3 heteroatoms. The molecular weight excluding hydrogens is 228 g/mol.